The van der Waals surface area contributed by atoms with E-state index in [0.717, 1.165) is 30.3 Å². The molecule has 3 rings (SSSR count). The number of aryl methyl sites for hydroxylation is 1. The molecule has 1 unspecified atom stereocenters. The summed E-state index contributed by atoms with van der Waals surface area (Å²) in [4.78, 5) is 14.3. The highest BCUT2D eigenvalue weighted by atomic mass is 16.5. The van der Waals surface area contributed by atoms with Crippen LogP contribution in [-0.2, 0) is 4.74 Å². The Hall–Kier alpha value is -1.75. The van der Waals surface area contributed by atoms with Gasteiger partial charge in [-0.05, 0) is 43.9 Å². The quantitative estimate of drug-likeness (QED) is 0.655. The lowest BCUT2D eigenvalue weighted by Crippen LogP contribution is -2.27. The minimum absolute atomic E-state index is 0.384. The summed E-state index contributed by atoms with van der Waals surface area (Å²) >= 11 is 0. The van der Waals surface area contributed by atoms with Gasteiger partial charge in [-0.2, -0.15) is 0 Å². The number of nitrogen functional groups attached to an aromatic ring is 1. The molecule has 0 amide bonds. The second kappa shape index (κ2) is 5.56. The number of hydrogen-bond donors (Lipinski definition) is 2. The normalized spacial score (nSPS) is 22.3. The third-order valence-corrected chi connectivity index (χ3v) is 4.45. The van der Waals surface area contributed by atoms with Gasteiger partial charge in [-0.1, -0.05) is 0 Å². The first-order valence-corrected chi connectivity index (χ1v) is 7.57. The molecule has 3 N–H and O–H groups in total. The van der Waals surface area contributed by atoms with Crippen LogP contribution >= 0.6 is 0 Å². The summed E-state index contributed by atoms with van der Waals surface area (Å²) in [6, 6.07) is 5.06. The van der Waals surface area contributed by atoms with Gasteiger partial charge in [0, 0.05) is 36.5 Å². The Morgan fingerprint density at radius 1 is 1.38 bits per heavy atom. The fraction of sp³-hybridized carbons (Fsp3) is 0.562. The van der Waals surface area contributed by atoms with Crippen LogP contribution in [0.15, 0.2) is 12.1 Å². The Morgan fingerprint density at radius 2 is 2.14 bits per heavy atom. The van der Waals surface area contributed by atoms with Crippen LogP contribution in [0, 0.1) is 6.92 Å². The standard InChI is InChI=1S/C16H23N3O2/c1-10-7-12(8-14(15(10)17)16(20)21-2)18-11-5-6-19(9-11)13-3-4-13/h7-8,11,13,18H,3-6,9,17H2,1-2H3. The van der Waals surface area contributed by atoms with E-state index in [1.54, 1.807) is 6.07 Å². The van der Waals surface area contributed by atoms with Crippen LogP contribution in [0.1, 0.15) is 35.2 Å². The van der Waals surface area contributed by atoms with E-state index in [4.69, 9.17) is 10.5 Å². The predicted molar refractivity (Wildman–Crippen MR) is 83.6 cm³/mol. The number of rotatable bonds is 4. The zero-order valence-electron chi connectivity index (χ0n) is 12.7. The molecule has 0 spiro atoms. The Kier molecular flexibility index (Phi) is 3.76. The molecule has 1 aliphatic carbocycles. The van der Waals surface area contributed by atoms with Crippen molar-refractivity contribution in [2.75, 3.05) is 31.2 Å². The molecule has 2 aliphatic rings. The first kappa shape index (κ1) is 14.2. The molecule has 1 saturated carbocycles. The monoisotopic (exact) mass is 289 g/mol. The number of anilines is 2. The lowest BCUT2D eigenvalue weighted by Gasteiger charge is -2.18. The molecular formula is C16H23N3O2. The average molecular weight is 289 g/mol. The third kappa shape index (κ3) is 2.97. The molecule has 1 aromatic carbocycles. The van der Waals surface area contributed by atoms with Gasteiger partial charge in [0.25, 0.3) is 0 Å². The molecule has 1 saturated heterocycles. The number of hydrogen-bond acceptors (Lipinski definition) is 5. The molecule has 0 bridgehead atoms. The summed E-state index contributed by atoms with van der Waals surface area (Å²) in [5, 5.41) is 3.54. The number of carbonyl (C=O) groups is 1. The fourth-order valence-corrected chi connectivity index (χ4v) is 3.07. The SMILES string of the molecule is COC(=O)c1cc(NC2CCN(C3CC3)C2)cc(C)c1N. The molecule has 0 radical (unpaired) electrons. The van der Waals surface area contributed by atoms with Crippen molar-refractivity contribution in [3.05, 3.63) is 23.3 Å². The molecule has 2 fully saturated rings. The Bertz CT molecular complexity index is 555. The van der Waals surface area contributed by atoms with E-state index < -0.39 is 0 Å². The average Bonchev–Trinajstić information content (AvgIpc) is 3.22. The smallest absolute Gasteiger partial charge is 0.340 e. The maximum atomic E-state index is 11.8. The zero-order chi connectivity index (χ0) is 15.0. The number of nitrogens with two attached hydrogens (primary N) is 1. The summed E-state index contributed by atoms with van der Waals surface area (Å²) in [5.74, 6) is -0.384. The number of carbonyl (C=O) groups excluding carboxylic acids is 1. The van der Waals surface area contributed by atoms with Gasteiger partial charge < -0.3 is 15.8 Å². The van der Waals surface area contributed by atoms with Crippen molar-refractivity contribution in [2.24, 2.45) is 0 Å². The van der Waals surface area contributed by atoms with Gasteiger partial charge in [-0.15, -0.1) is 0 Å². The van der Waals surface area contributed by atoms with Gasteiger partial charge in [-0.25, -0.2) is 4.79 Å². The minimum Gasteiger partial charge on any atom is -0.465 e. The number of methoxy groups -OCH3 is 1. The van der Waals surface area contributed by atoms with Crippen LogP contribution in [0.25, 0.3) is 0 Å². The van der Waals surface area contributed by atoms with Crippen LogP contribution in [0.3, 0.4) is 0 Å². The van der Waals surface area contributed by atoms with Gasteiger partial charge in [-0.3, -0.25) is 4.90 Å². The number of likely N-dealkylation sites (tertiary alicyclic amines) is 1. The third-order valence-electron chi connectivity index (χ3n) is 4.45. The van der Waals surface area contributed by atoms with E-state index in [9.17, 15) is 4.79 Å². The summed E-state index contributed by atoms with van der Waals surface area (Å²) in [5.41, 5.74) is 8.76. The van der Waals surface area contributed by atoms with E-state index in [2.05, 4.69) is 10.2 Å². The first-order valence-electron chi connectivity index (χ1n) is 7.57. The van der Waals surface area contributed by atoms with Crippen molar-refractivity contribution in [3.8, 4) is 0 Å². The molecule has 114 valence electrons. The number of nitrogens with one attached hydrogen (secondary N) is 1. The van der Waals surface area contributed by atoms with Crippen LogP contribution in [0.2, 0.25) is 0 Å². The molecule has 5 nitrogen and oxygen atoms in total. The molecule has 1 aliphatic heterocycles. The van der Waals surface area contributed by atoms with Gasteiger partial charge in [0.15, 0.2) is 0 Å². The maximum Gasteiger partial charge on any atom is 0.340 e. The first-order chi connectivity index (χ1) is 10.1. The highest BCUT2D eigenvalue weighted by molar-refractivity contribution is 5.97. The Balaban J connectivity index is 1.73. The number of ether oxygens (including phenoxy) is 1. The highest BCUT2D eigenvalue weighted by Crippen LogP contribution is 2.31. The Labute approximate surface area is 125 Å². The number of nitrogens with zero attached hydrogens (tertiary/aromatic N) is 1. The molecule has 5 heteroatoms. The van der Waals surface area contributed by atoms with Crippen molar-refractivity contribution in [1.29, 1.82) is 0 Å². The highest BCUT2D eigenvalue weighted by Gasteiger charge is 2.34. The topological polar surface area (TPSA) is 67.6 Å². The van der Waals surface area contributed by atoms with E-state index in [1.165, 1.54) is 26.5 Å². The van der Waals surface area contributed by atoms with Crippen LogP contribution in [-0.4, -0.2) is 43.2 Å². The Morgan fingerprint density at radius 3 is 2.81 bits per heavy atom. The number of esters is 1. The molecule has 1 aromatic rings. The lowest BCUT2D eigenvalue weighted by molar-refractivity contribution is 0.0602. The minimum atomic E-state index is -0.384. The van der Waals surface area contributed by atoms with Gasteiger partial charge in [0.05, 0.1) is 12.7 Å². The van der Waals surface area contributed by atoms with E-state index >= 15 is 0 Å². The molecule has 1 heterocycles. The van der Waals surface area contributed by atoms with Crippen molar-refractivity contribution in [1.82, 2.24) is 4.90 Å². The van der Waals surface area contributed by atoms with Crippen LogP contribution in [0.4, 0.5) is 11.4 Å². The van der Waals surface area contributed by atoms with Crippen molar-refractivity contribution >= 4 is 17.3 Å². The molecule has 0 aromatic heterocycles. The zero-order valence-corrected chi connectivity index (χ0v) is 12.7. The van der Waals surface area contributed by atoms with Crippen molar-refractivity contribution in [3.63, 3.8) is 0 Å². The second-order valence-electron chi connectivity index (χ2n) is 6.10. The predicted octanol–water partition coefficient (Wildman–Crippen LogP) is 2.01. The van der Waals surface area contributed by atoms with Gasteiger partial charge in [0.1, 0.15) is 0 Å². The van der Waals surface area contributed by atoms with E-state index in [0.29, 0.717) is 17.3 Å². The fourth-order valence-electron chi connectivity index (χ4n) is 3.07. The summed E-state index contributed by atoms with van der Waals surface area (Å²) < 4.78 is 4.80. The van der Waals surface area contributed by atoms with Crippen molar-refractivity contribution in [2.45, 2.75) is 38.3 Å². The maximum absolute atomic E-state index is 11.8. The molecule has 21 heavy (non-hydrogen) atoms. The van der Waals surface area contributed by atoms with E-state index in [-0.39, 0.29) is 5.97 Å². The summed E-state index contributed by atoms with van der Waals surface area (Å²) in [7, 11) is 1.38. The summed E-state index contributed by atoms with van der Waals surface area (Å²) in [6.07, 6.45) is 3.84. The van der Waals surface area contributed by atoms with Crippen molar-refractivity contribution < 1.29 is 9.53 Å². The molecular weight excluding hydrogens is 266 g/mol. The summed E-state index contributed by atoms with van der Waals surface area (Å²) in [6.45, 7) is 4.17. The van der Waals surface area contributed by atoms with Crippen LogP contribution in [0.5, 0.6) is 0 Å². The molecule has 1 atom stereocenters. The largest absolute Gasteiger partial charge is 0.465 e. The number of benzene rings is 1. The van der Waals surface area contributed by atoms with Gasteiger partial charge >= 0.3 is 5.97 Å². The van der Waals surface area contributed by atoms with Crippen LogP contribution < -0.4 is 11.1 Å². The van der Waals surface area contributed by atoms with Gasteiger partial charge in [0.2, 0.25) is 0 Å². The second-order valence-corrected chi connectivity index (χ2v) is 6.10. The van der Waals surface area contributed by atoms with E-state index in [1.807, 2.05) is 13.0 Å². The lowest BCUT2D eigenvalue weighted by atomic mass is 10.1.